The normalized spacial score (nSPS) is 15.8. The van der Waals surface area contributed by atoms with Gasteiger partial charge in [0.2, 0.25) is 0 Å². The first-order chi connectivity index (χ1) is 11.1. The highest BCUT2D eigenvalue weighted by Crippen LogP contribution is 2.27. The van der Waals surface area contributed by atoms with Gasteiger partial charge in [0.25, 0.3) is 0 Å². The van der Waals surface area contributed by atoms with E-state index in [4.69, 9.17) is 0 Å². The van der Waals surface area contributed by atoms with Crippen LogP contribution in [-0.2, 0) is 6.42 Å². The molecular formula is C18H20F2N2O. The van der Waals surface area contributed by atoms with Crippen LogP contribution in [0.1, 0.15) is 5.56 Å². The fraction of sp³-hybridized carbons (Fsp3) is 0.333. The van der Waals surface area contributed by atoms with Gasteiger partial charge in [-0.15, -0.1) is 0 Å². The highest BCUT2D eigenvalue weighted by atomic mass is 19.1. The minimum Gasteiger partial charge on any atom is -0.505 e. The van der Waals surface area contributed by atoms with Crippen LogP contribution < -0.4 is 4.90 Å². The zero-order valence-corrected chi connectivity index (χ0v) is 12.9. The molecule has 1 N–H and O–H groups in total. The van der Waals surface area contributed by atoms with Crippen LogP contribution >= 0.6 is 0 Å². The summed E-state index contributed by atoms with van der Waals surface area (Å²) in [5, 5.41) is 9.20. The van der Waals surface area contributed by atoms with E-state index in [1.807, 2.05) is 23.1 Å². The Morgan fingerprint density at radius 1 is 0.913 bits per heavy atom. The van der Waals surface area contributed by atoms with Crippen LogP contribution in [0, 0.1) is 11.6 Å². The number of anilines is 1. The van der Waals surface area contributed by atoms with Crippen molar-refractivity contribution in [1.29, 1.82) is 0 Å². The van der Waals surface area contributed by atoms with Gasteiger partial charge in [0, 0.05) is 44.9 Å². The largest absolute Gasteiger partial charge is 0.505 e. The molecule has 122 valence electrons. The Morgan fingerprint density at radius 2 is 1.61 bits per heavy atom. The lowest BCUT2D eigenvalue weighted by Gasteiger charge is -2.36. The van der Waals surface area contributed by atoms with Crippen LogP contribution in [0.2, 0.25) is 0 Å². The summed E-state index contributed by atoms with van der Waals surface area (Å²) >= 11 is 0. The third kappa shape index (κ3) is 3.79. The van der Waals surface area contributed by atoms with Crippen molar-refractivity contribution >= 4 is 5.69 Å². The molecule has 1 fully saturated rings. The number of hydrogen-bond acceptors (Lipinski definition) is 3. The first-order valence-corrected chi connectivity index (χ1v) is 7.83. The number of nitrogens with zero attached hydrogens (tertiary/aromatic N) is 2. The molecule has 23 heavy (non-hydrogen) atoms. The van der Waals surface area contributed by atoms with Gasteiger partial charge in [0.15, 0.2) is 11.6 Å². The predicted octanol–water partition coefficient (Wildman–Crippen LogP) is 3.04. The molecule has 1 aliphatic rings. The zero-order valence-electron chi connectivity index (χ0n) is 12.9. The van der Waals surface area contributed by atoms with Crippen molar-refractivity contribution in [2.45, 2.75) is 6.42 Å². The lowest BCUT2D eigenvalue weighted by molar-refractivity contribution is 0.260. The van der Waals surface area contributed by atoms with Crippen LogP contribution in [-0.4, -0.2) is 42.7 Å². The smallest absolute Gasteiger partial charge is 0.167 e. The molecule has 0 aromatic heterocycles. The first kappa shape index (κ1) is 15.7. The molecule has 2 aromatic carbocycles. The molecule has 0 bridgehead atoms. The van der Waals surface area contributed by atoms with Gasteiger partial charge in [-0.2, -0.15) is 0 Å². The zero-order chi connectivity index (χ0) is 16.2. The molecule has 0 atom stereocenters. The second kappa shape index (κ2) is 6.96. The molecule has 0 amide bonds. The second-order valence-corrected chi connectivity index (χ2v) is 5.82. The highest BCUT2D eigenvalue weighted by Gasteiger charge is 2.21. The fourth-order valence-corrected chi connectivity index (χ4v) is 2.91. The van der Waals surface area contributed by atoms with Crippen molar-refractivity contribution in [3.8, 4) is 5.75 Å². The van der Waals surface area contributed by atoms with Crippen molar-refractivity contribution in [1.82, 2.24) is 4.90 Å². The molecule has 1 aliphatic heterocycles. The standard InChI is InChI=1S/C18H20F2N2O/c19-15-13-18(23)16(20)12-17(15)22-10-8-21(9-11-22)7-6-14-4-2-1-3-5-14/h1-5,12-13,23H,6-11H2. The van der Waals surface area contributed by atoms with E-state index in [-0.39, 0.29) is 5.69 Å². The summed E-state index contributed by atoms with van der Waals surface area (Å²) in [6, 6.07) is 12.2. The van der Waals surface area contributed by atoms with Crippen LogP contribution in [0.25, 0.3) is 0 Å². The van der Waals surface area contributed by atoms with Crippen LogP contribution in [0.3, 0.4) is 0 Å². The van der Waals surface area contributed by atoms with E-state index in [9.17, 15) is 13.9 Å². The van der Waals surface area contributed by atoms with Crippen molar-refractivity contribution in [3.63, 3.8) is 0 Å². The van der Waals surface area contributed by atoms with E-state index in [0.29, 0.717) is 13.1 Å². The number of phenolic OH excluding ortho intramolecular Hbond substituents is 1. The summed E-state index contributed by atoms with van der Waals surface area (Å²) < 4.78 is 27.3. The Kier molecular flexibility index (Phi) is 4.76. The van der Waals surface area contributed by atoms with E-state index < -0.39 is 17.4 Å². The number of rotatable bonds is 4. The molecule has 5 heteroatoms. The SMILES string of the molecule is Oc1cc(F)c(N2CCN(CCc3ccccc3)CC2)cc1F. The number of phenols is 1. The first-order valence-electron chi connectivity index (χ1n) is 7.83. The van der Waals surface area contributed by atoms with E-state index in [1.54, 1.807) is 0 Å². The monoisotopic (exact) mass is 318 g/mol. The second-order valence-electron chi connectivity index (χ2n) is 5.82. The van der Waals surface area contributed by atoms with Crippen molar-refractivity contribution in [2.24, 2.45) is 0 Å². The summed E-state index contributed by atoms with van der Waals surface area (Å²) in [4.78, 5) is 4.16. The molecule has 3 nitrogen and oxygen atoms in total. The lowest BCUT2D eigenvalue weighted by Crippen LogP contribution is -2.47. The molecule has 0 saturated carbocycles. The fourth-order valence-electron chi connectivity index (χ4n) is 2.91. The summed E-state index contributed by atoms with van der Waals surface area (Å²) in [5.74, 6) is -2.01. The van der Waals surface area contributed by atoms with Gasteiger partial charge in [-0.25, -0.2) is 8.78 Å². The van der Waals surface area contributed by atoms with Gasteiger partial charge in [-0.1, -0.05) is 30.3 Å². The Bertz CT molecular complexity index is 656. The van der Waals surface area contributed by atoms with E-state index in [2.05, 4.69) is 17.0 Å². The maximum absolute atomic E-state index is 13.9. The Labute approximate surface area is 134 Å². The summed E-state index contributed by atoms with van der Waals surface area (Å²) in [7, 11) is 0. The molecule has 0 radical (unpaired) electrons. The average Bonchev–Trinajstić information content (AvgIpc) is 2.58. The van der Waals surface area contributed by atoms with Crippen molar-refractivity contribution in [2.75, 3.05) is 37.6 Å². The number of piperazine rings is 1. The van der Waals surface area contributed by atoms with Gasteiger partial charge in [0.05, 0.1) is 5.69 Å². The number of aromatic hydroxyl groups is 1. The van der Waals surface area contributed by atoms with Crippen LogP contribution in [0.5, 0.6) is 5.75 Å². The van der Waals surface area contributed by atoms with Crippen molar-refractivity contribution < 1.29 is 13.9 Å². The molecular weight excluding hydrogens is 298 g/mol. The van der Waals surface area contributed by atoms with E-state index in [0.717, 1.165) is 38.2 Å². The maximum Gasteiger partial charge on any atom is 0.167 e. The number of halogens is 2. The summed E-state index contributed by atoms with van der Waals surface area (Å²) in [6.07, 6.45) is 0.989. The molecule has 1 heterocycles. The van der Waals surface area contributed by atoms with Gasteiger partial charge >= 0.3 is 0 Å². The quantitative estimate of drug-likeness (QED) is 0.939. The number of hydrogen-bond donors (Lipinski definition) is 1. The molecule has 0 aliphatic carbocycles. The highest BCUT2D eigenvalue weighted by molar-refractivity contribution is 5.51. The van der Waals surface area contributed by atoms with E-state index in [1.165, 1.54) is 5.56 Å². The summed E-state index contributed by atoms with van der Waals surface area (Å²) in [6.45, 7) is 3.89. The van der Waals surface area contributed by atoms with E-state index >= 15 is 0 Å². The minimum absolute atomic E-state index is 0.225. The molecule has 3 rings (SSSR count). The lowest BCUT2D eigenvalue weighted by atomic mass is 10.1. The predicted molar refractivity (Wildman–Crippen MR) is 86.8 cm³/mol. The van der Waals surface area contributed by atoms with Gasteiger partial charge in [-0.05, 0) is 12.0 Å². The van der Waals surface area contributed by atoms with Gasteiger partial charge < -0.3 is 10.0 Å². The van der Waals surface area contributed by atoms with Crippen molar-refractivity contribution in [3.05, 3.63) is 59.7 Å². The molecule has 1 saturated heterocycles. The molecule has 0 unspecified atom stereocenters. The maximum atomic E-state index is 13.9. The third-order valence-corrected chi connectivity index (χ3v) is 4.29. The van der Waals surface area contributed by atoms with Gasteiger partial charge in [0.1, 0.15) is 5.82 Å². The third-order valence-electron chi connectivity index (χ3n) is 4.29. The Hall–Kier alpha value is -2.14. The molecule has 0 spiro atoms. The Balaban J connectivity index is 1.55. The number of benzene rings is 2. The average molecular weight is 318 g/mol. The van der Waals surface area contributed by atoms with Crippen LogP contribution in [0.15, 0.2) is 42.5 Å². The summed E-state index contributed by atoms with van der Waals surface area (Å²) in [5.41, 5.74) is 1.53. The van der Waals surface area contributed by atoms with Gasteiger partial charge in [-0.3, -0.25) is 4.90 Å². The van der Waals surface area contributed by atoms with Crippen LogP contribution in [0.4, 0.5) is 14.5 Å². The Morgan fingerprint density at radius 3 is 2.30 bits per heavy atom. The minimum atomic E-state index is -0.784. The topological polar surface area (TPSA) is 26.7 Å². The molecule has 2 aromatic rings.